The molecule has 0 aliphatic heterocycles. The van der Waals surface area contributed by atoms with E-state index in [9.17, 15) is 0 Å². The topological polar surface area (TPSA) is 69.1 Å². The summed E-state index contributed by atoms with van der Waals surface area (Å²) in [6.07, 6.45) is 3.10. The van der Waals surface area contributed by atoms with Gasteiger partial charge in [-0.3, -0.25) is 4.40 Å². The van der Waals surface area contributed by atoms with Crippen molar-refractivity contribution in [1.29, 1.82) is 0 Å². The quantitative estimate of drug-likeness (QED) is 0.878. The van der Waals surface area contributed by atoms with E-state index in [-0.39, 0.29) is 0 Å². The van der Waals surface area contributed by atoms with E-state index in [2.05, 4.69) is 46.4 Å². The van der Waals surface area contributed by atoms with E-state index in [4.69, 9.17) is 5.73 Å². The molecule has 5 heteroatoms. The smallest absolute Gasteiger partial charge is 0.255 e. The largest absolute Gasteiger partial charge is 0.330 e. The van der Waals surface area contributed by atoms with Gasteiger partial charge in [0, 0.05) is 17.8 Å². The molecule has 2 aromatic heterocycles. The highest BCUT2D eigenvalue weighted by Crippen LogP contribution is 2.21. The lowest BCUT2D eigenvalue weighted by Crippen LogP contribution is -2.16. The molecular formula is C15H25N5. The Hall–Kier alpha value is -1.49. The summed E-state index contributed by atoms with van der Waals surface area (Å²) < 4.78 is 2.06. The van der Waals surface area contributed by atoms with Gasteiger partial charge in [0.1, 0.15) is 5.82 Å². The van der Waals surface area contributed by atoms with Crippen molar-refractivity contribution in [1.82, 2.24) is 19.6 Å². The van der Waals surface area contributed by atoms with E-state index in [1.807, 2.05) is 6.92 Å². The van der Waals surface area contributed by atoms with Crippen LogP contribution in [0.5, 0.6) is 0 Å². The van der Waals surface area contributed by atoms with E-state index in [0.29, 0.717) is 17.6 Å². The van der Waals surface area contributed by atoms with Crippen LogP contribution < -0.4 is 5.73 Å². The maximum absolute atomic E-state index is 5.70. The lowest BCUT2D eigenvalue weighted by Gasteiger charge is -2.19. The lowest BCUT2D eigenvalue weighted by molar-refractivity contribution is 0.339. The summed E-state index contributed by atoms with van der Waals surface area (Å²) in [5.41, 5.74) is 7.83. The predicted molar refractivity (Wildman–Crippen MR) is 80.6 cm³/mol. The molecule has 5 nitrogen and oxygen atoms in total. The van der Waals surface area contributed by atoms with E-state index >= 15 is 0 Å². The maximum atomic E-state index is 5.70. The van der Waals surface area contributed by atoms with Crippen LogP contribution >= 0.6 is 0 Å². The van der Waals surface area contributed by atoms with Crippen LogP contribution in [0.25, 0.3) is 5.78 Å². The minimum absolute atomic E-state index is 0.645. The van der Waals surface area contributed by atoms with Gasteiger partial charge in [0.15, 0.2) is 0 Å². The van der Waals surface area contributed by atoms with E-state index in [0.717, 1.165) is 43.0 Å². The molecule has 1 unspecified atom stereocenters. The number of aromatic nitrogens is 4. The zero-order valence-electron chi connectivity index (χ0n) is 12.9. The van der Waals surface area contributed by atoms with Crippen molar-refractivity contribution in [3.8, 4) is 0 Å². The highest BCUT2D eigenvalue weighted by Gasteiger charge is 2.15. The van der Waals surface area contributed by atoms with Gasteiger partial charge in [-0.2, -0.15) is 0 Å². The molecule has 0 spiro atoms. The van der Waals surface area contributed by atoms with Gasteiger partial charge in [-0.05, 0) is 51.1 Å². The SMILES string of the molecule is Cc1cc(C)n2c(CCC(CCN)C(C)C)nnc2n1. The number of hydrogen-bond donors (Lipinski definition) is 1. The highest BCUT2D eigenvalue weighted by molar-refractivity contribution is 5.32. The van der Waals surface area contributed by atoms with Gasteiger partial charge < -0.3 is 5.73 Å². The van der Waals surface area contributed by atoms with Gasteiger partial charge in [-0.15, -0.1) is 10.2 Å². The normalized spacial score (nSPS) is 13.3. The Balaban J connectivity index is 2.18. The molecular weight excluding hydrogens is 250 g/mol. The van der Waals surface area contributed by atoms with E-state index in [1.54, 1.807) is 0 Å². The Bertz CT molecular complexity index is 573. The number of nitrogens with zero attached hydrogens (tertiary/aromatic N) is 4. The second-order valence-corrected chi connectivity index (χ2v) is 5.91. The Morgan fingerprint density at radius 1 is 1.20 bits per heavy atom. The third-order valence-corrected chi connectivity index (χ3v) is 3.98. The van der Waals surface area contributed by atoms with Gasteiger partial charge in [0.05, 0.1) is 0 Å². The van der Waals surface area contributed by atoms with Crippen LogP contribution in [0.2, 0.25) is 0 Å². The fourth-order valence-electron chi connectivity index (χ4n) is 2.80. The Kier molecular flexibility index (Phi) is 4.70. The molecule has 2 heterocycles. The summed E-state index contributed by atoms with van der Waals surface area (Å²) in [5, 5.41) is 8.49. The van der Waals surface area contributed by atoms with Crippen LogP contribution in [0, 0.1) is 25.7 Å². The van der Waals surface area contributed by atoms with Crippen molar-refractivity contribution in [2.45, 2.75) is 47.0 Å². The summed E-state index contributed by atoms with van der Waals surface area (Å²) in [7, 11) is 0. The second-order valence-electron chi connectivity index (χ2n) is 5.91. The Morgan fingerprint density at radius 2 is 1.95 bits per heavy atom. The van der Waals surface area contributed by atoms with E-state index in [1.165, 1.54) is 0 Å². The lowest BCUT2D eigenvalue weighted by atomic mass is 9.88. The molecule has 2 aromatic rings. The molecule has 0 aliphatic rings. The van der Waals surface area contributed by atoms with Gasteiger partial charge in [-0.1, -0.05) is 13.8 Å². The molecule has 2 rings (SSSR count). The van der Waals surface area contributed by atoms with Crippen LogP contribution in [-0.4, -0.2) is 26.1 Å². The van der Waals surface area contributed by atoms with Gasteiger partial charge in [-0.25, -0.2) is 4.98 Å². The van der Waals surface area contributed by atoms with Crippen LogP contribution in [-0.2, 0) is 6.42 Å². The minimum atomic E-state index is 0.645. The first-order valence-corrected chi connectivity index (χ1v) is 7.41. The number of hydrogen-bond acceptors (Lipinski definition) is 4. The fourth-order valence-corrected chi connectivity index (χ4v) is 2.80. The molecule has 1 atom stereocenters. The molecule has 0 aliphatic carbocycles. The van der Waals surface area contributed by atoms with Crippen molar-refractivity contribution in [3.63, 3.8) is 0 Å². The summed E-state index contributed by atoms with van der Waals surface area (Å²) in [6, 6.07) is 2.07. The Labute approximate surface area is 120 Å². The number of nitrogens with two attached hydrogens (primary N) is 1. The molecule has 0 fully saturated rings. The van der Waals surface area contributed by atoms with Crippen molar-refractivity contribution < 1.29 is 0 Å². The molecule has 0 bridgehead atoms. The van der Waals surface area contributed by atoms with Crippen LogP contribution in [0.1, 0.15) is 43.9 Å². The average molecular weight is 275 g/mol. The molecule has 0 saturated carbocycles. The van der Waals surface area contributed by atoms with Crippen LogP contribution in [0.4, 0.5) is 0 Å². The third kappa shape index (κ3) is 3.15. The van der Waals surface area contributed by atoms with Crippen LogP contribution in [0.3, 0.4) is 0 Å². The minimum Gasteiger partial charge on any atom is -0.330 e. The van der Waals surface area contributed by atoms with Gasteiger partial charge in [0.2, 0.25) is 0 Å². The third-order valence-electron chi connectivity index (χ3n) is 3.98. The zero-order chi connectivity index (χ0) is 14.7. The average Bonchev–Trinajstić information content (AvgIpc) is 2.77. The van der Waals surface area contributed by atoms with Gasteiger partial charge in [0.25, 0.3) is 5.78 Å². The summed E-state index contributed by atoms with van der Waals surface area (Å²) >= 11 is 0. The first kappa shape index (κ1) is 14.9. The van der Waals surface area contributed by atoms with Crippen molar-refractivity contribution in [3.05, 3.63) is 23.3 Å². The maximum Gasteiger partial charge on any atom is 0.255 e. The summed E-state index contributed by atoms with van der Waals surface area (Å²) in [5.74, 6) is 3.01. The second kappa shape index (κ2) is 6.31. The molecule has 0 radical (unpaired) electrons. The van der Waals surface area contributed by atoms with E-state index < -0.39 is 0 Å². The Morgan fingerprint density at radius 3 is 2.60 bits per heavy atom. The highest BCUT2D eigenvalue weighted by atomic mass is 15.3. The molecule has 2 N–H and O–H groups in total. The van der Waals surface area contributed by atoms with Crippen molar-refractivity contribution in [2.24, 2.45) is 17.6 Å². The summed E-state index contributed by atoms with van der Waals surface area (Å²) in [6.45, 7) is 9.34. The molecule has 0 saturated heterocycles. The molecule has 0 amide bonds. The monoisotopic (exact) mass is 275 g/mol. The molecule has 110 valence electrons. The first-order chi connectivity index (χ1) is 9.52. The van der Waals surface area contributed by atoms with Crippen molar-refractivity contribution >= 4 is 5.78 Å². The van der Waals surface area contributed by atoms with Gasteiger partial charge >= 0.3 is 0 Å². The molecule has 0 aromatic carbocycles. The van der Waals surface area contributed by atoms with Crippen molar-refractivity contribution in [2.75, 3.05) is 6.54 Å². The number of aryl methyl sites for hydroxylation is 3. The predicted octanol–water partition coefficient (Wildman–Crippen LogP) is 2.29. The number of fused-ring (bicyclic) bond motifs is 1. The first-order valence-electron chi connectivity index (χ1n) is 7.41. The number of rotatable bonds is 6. The zero-order valence-corrected chi connectivity index (χ0v) is 12.9. The fraction of sp³-hybridized carbons (Fsp3) is 0.667. The summed E-state index contributed by atoms with van der Waals surface area (Å²) in [4.78, 5) is 4.43. The van der Waals surface area contributed by atoms with Crippen LogP contribution in [0.15, 0.2) is 6.07 Å². The standard InChI is InChI=1S/C15H25N5/c1-10(2)13(7-8-16)5-6-14-18-19-15-17-11(3)9-12(4)20(14)15/h9-10,13H,5-8,16H2,1-4H3. The molecule has 20 heavy (non-hydrogen) atoms.